The lowest BCUT2D eigenvalue weighted by Gasteiger charge is -2.30. The average Bonchev–Trinajstić information content (AvgIpc) is 2.99. The Hall–Kier alpha value is -1.72. The summed E-state index contributed by atoms with van der Waals surface area (Å²) in [5, 5.41) is 1.13. The SMILES string of the molecule is CC1OCCC1(C)n1c(=S)[nH]c2cnc3ccccc3c21. The van der Waals surface area contributed by atoms with E-state index in [-0.39, 0.29) is 11.6 Å². The smallest absolute Gasteiger partial charge is 0.178 e. The highest BCUT2D eigenvalue weighted by molar-refractivity contribution is 7.71. The van der Waals surface area contributed by atoms with Gasteiger partial charge in [0.2, 0.25) is 0 Å². The van der Waals surface area contributed by atoms with Crippen molar-refractivity contribution in [3.05, 3.63) is 35.2 Å². The average molecular weight is 299 g/mol. The summed E-state index contributed by atoms with van der Waals surface area (Å²) in [4.78, 5) is 7.81. The summed E-state index contributed by atoms with van der Waals surface area (Å²) >= 11 is 5.60. The van der Waals surface area contributed by atoms with Crippen molar-refractivity contribution in [2.75, 3.05) is 6.61 Å². The minimum absolute atomic E-state index is 0.126. The van der Waals surface area contributed by atoms with Gasteiger partial charge in [-0.3, -0.25) is 4.98 Å². The van der Waals surface area contributed by atoms with Gasteiger partial charge in [0.1, 0.15) is 0 Å². The van der Waals surface area contributed by atoms with Crippen molar-refractivity contribution < 1.29 is 4.74 Å². The van der Waals surface area contributed by atoms with Crippen LogP contribution in [-0.4, -0.2) is 27.2 Å². The van der Waals surface area contributed by atoms with Gasteiger partial charge in [-0.15, -0.1) is 0 Å². The number of nitrogens with one attached hydrogen (secondary N) is 1. The molecule has 2 aromatic heterocycles. The van der Waals surface area contributed by atoms with Gasteiger partial charge in [-0.25, -0.2) is 0 Å². The first-order valence-electron chi connectivity index (χ1n) is 7.22. The molecule has 0 radical (unpaired) electrons. The van der Waals surface area contributed by atoms with E-state index in [0.717, 1.165) is 39.7 Å². The zero-order valence-corrected chi connectivity index (χ0v) is 12.9. The lowest BCUT2D eigenvalue weighted by molar-refractivity contribution is 0.0770. The molecule has 0 amide bonds. The molecule has 3 heterocycles. The predicted molar refractivity (Wildman–Crippen MR) is 86.1 cm³/mol. The van der Waals surface area contributed by atoms with Gasteiger partial charge in [0.15, 0.2) is 4.77 Å². The Morgan fingerprint density at radius 1 is 1.43 bits per heavy atom. The van der Waals surface area contributed by atoms with Crippen molar-refractivity contribution in [1.82, 2.24) is 14.5 Å². The first kappa shape index (κ1) is 13.0. The van der Waals surface area contributed by atoms with Crippen LogP contribution in [0.25, 0.3) is 21.9 Å². The second kappa shape index (κ2) is 4.39. The molecular formula is C16H17N3OS. The summed E-state index contributed by atoms with van der Waals surface area (Å²) in [6.07, 6.45) is 2.97. The number of benzene rings is 1. The number of rotatable bonds is 1. The number of ether oxygens (including phenoxy) is 1. The highest BCUT2D eigenvalue weighted by Crippen LogP contribution is 2.37. The van der Waals surface area contributed by atoms with Crippen LogP contribution >= 0.6 is 12.2 Å². The van der Waals surface area contributed by atoms with E-state index in [1.54, 1.807) is 0 Å². The first-order chi connectivity index (χ1) is 10.1. The molecule has 1 saturated heterocycles. The van der Waals surface area contributed by atoms with E-state index in [4.69, 9.17) is 17.0 Å². The van der Waals surface area contributed by atoms with Crippen molar-refractivity contribution in [1.29, 1.82) is 0 Å². The molecule has 4 nitrogen and oxygen atoms in total. The van der Waals surface area contributed by atoms with Crippen molar-refractivity contribution in [3.63, 3.8) is 0 Å². The molecule has 0 saturated carbocycles. The Morgan fingerprint density at radius 2 is 2.24 bits per heavy atom. The normalized spacial score (nSPS) is 25.9. The molecule has 1 fully saturated rings. The fourth-order valence-corrected chi connectivity index (χ4v) is 3.75. The Balaban J connectivity index is 2.16. The topological polar surface area (TPSA) is 42.8 Å². The zero-order chi connectivity index (χ0) is 14.6. The second-order valence-electron chi connectivity index (χ2n) is 5.92. The molecule has 0 spiro atoms. The molecule has 0 bridgehead atoms. The number of hydrogen-bond donors (Lipinski definition) is 1. The van der Waals surface area contributed by atoms with E-state index in [9.17, 15) is 0 Å². The number of hydrogen-bond acceptors (Lipinski definition) is 3. The molecule has 1 N–H and O–H groups in total. The molecule has 1 aliphatic rings. The maximum absolute atomic E-state index is 5.81. The third-order valence-electron chi connectivity index (χ3n) is 4.78. The van der Waals surface area contributed by atoms with Crippen LogP contribution in [0.4, 0.5) is 0 Å². The largest absolute Gasteiger partial charge is 0.376 e. The number of nitrogens with zero attached hydrogens (tertiary/aromatic N) is 2. The van der Waals surface area contributed by atoms with Gasteiger partial charge in [-0.1, -0.05) is 18.2 Å². The Bertz CT molecular complexity index is 897. The van der Waals surface area contributed by atoms with Crippen LogP contribution in [-0.2, 0) is 10.3 Å². The molecule has 2 atom stereocenters. The van der Waals surface area contributed by atoms with Gasteiger partial charge >= 0.3 is 0 Å². The fourth-order valence-electron chi connectivity index (χ4n) is 3.34. The number of aromatic nitrogens is 3. The molecule has 1 aromatic carbocycles. The van der Waals surface area contributed by atoms with E-state index in [2.05, 4.69) is 34.4 Å². The number of pyridine rings is 1. The van der Waals surface area contributed by atoms with Gasteiger partial charge in [0.05, 0.1) is 34.4 Å². The molecule has 1 aliphatic heterocycles. The Morgan fingerprint density at radius 3 is 3.00 bits per heavy atom. The number of para-hydroxylation sites is 1. The maximum atomic E-state index is 5.81. The summed E-state index contributed by atoms with van der Waals surface area (Å²) in [6.45, 7) is 5.12. The van der Waals surface area contributed by atoms with E-state index >= 15 is 0 Å². The van der Waals surface area contributed by atoms with Crippen LogP contribution in [0, 0.1) is 4.77 Å². The van der Waals surface area contributed by atoms with Crippen molar-refractivity contribution in [3.8, 4) is 0 Å². The van der Waals surface area contributed by atoms with Crippen LogP contribution in [0.15, 0.2) is 30.5 Å². The molecular weight excluding hydrogens is 282 g/mol. The van der Waals surface area contributed by atoms with Crippen LogP contribution in [0.3, 0.4) is 0 Å². The molecule has 2 unspecified atom stereocenters. The van der Waals surface area contributed by atoms with Gasteiger partial charge in [-0.2, -0.15) is 0 Å². The van der Waals surface area contributed by atoms with Gasteiger partial charge in [-0.05, 0) is 38.6 Å². The second-order valence-corrected chi connectivity index (χ2v) is 6.31. The maximum Gasteiger partial charge on any atom is 0.178 e. The number of aromatic amines is 1. The minimum atomic E-state index is -0.126. The van der Waals surface area contributed by atoms with Gasteiger partial charge in [0.25, 0.3) is 0 Å². The molecule has 3 aromatic rings. The minimum Gasteiger partial charge on any atom is -0.376 e. The summed E-state index contributed by atoms with van der Waals surface area (Å²) < 4.78 is 8.79. The standard InChI is InChI=1S/C16H17N3OS/c1-10-16(2,7-8-20-10)19-14-11-5-3-4-6-12(11)17-9-13(14)18-15(19)21/h3-6,9-10H,7-8H2,1-2H3,(H,18,21). The Kier molecular flexibility index (Phi) is 2.71. The summed E-state index contributed by atoms with van der Waals surface area (Å²) in [7, 11) is 0. The van der Waals surface area contributed by atoms with E-state index in [1.807, 2.05) is 24.4 Å². The van der Waals surface area contributed by atoms with Crippen LogP contribution in [0.1, 0.15) is 20.3 Å². The van der Waals surface area contributed by atoms with E-state index in [0.29, 0.717) is 0 Å². The lowest BCUT2D eigenvalue weighted by Crippen LogP contribution is -2.36. The highest BCUT2D eigenvalue weighted by Gasteiger charge is 2.40. The van der Waals surface area contributed by atoms with Gasteiger partial charge in [0, 0.05) is 12.0 Å². The summed E-state index contributed by atoms with van der Waals surface area (Å²) in [6, 6.07) is 8.19. The zero-order valence-electron chi connectivity index (χ0n) is 12.1. The number of imidazole rings is 1. The Labute approximate surface area is 127 Å². The third-order valence-corrected chi connectivity index (χ3v) is 5.06. The van der Waals surface area contributed by atoms with Crippen molar-refractivity contribution in [2.45, 2.75) is 31.9 Å². The monoisotopic (exact) mass is 299 g/mol. The van der Waals surface area contributed by atoms with Crippen molar-refractivity contribution in [2.24, 2.45) is 0 Å². The van der Waals surface area contributed by atoms with E-state index in [1.165, 1.54) is 0 Å². The molecule has 4 rings (SSSR count). The highest BCUT2D eigenvalue weighted by atomic mass is 32.1. The predicted octanol–water partition coefficient (Wildman–Crippen LogP) is 3.77. The van der Waals surface area contributed by atoms with Crippen LogP contribution in [0.2, 0.25) is 0 Å². The fraction of sp³-hybridized carbons (Fsp3) is 0.375. The number of fused-ring (bicyclic) bond motifs is 3. The molecule has 108 valence electrons. The van der Waals surface area contributed by atoms with Gasteiger partial charge < -0.3 is 14.3 Å². The quantitative estimate of drug-likeness (QED) is 0.696. The lowest BCUT2D eigenvalue weighted by atomic mass is 9.94. The first-order valence-corrected chi connectivity index (χ1v) is 7.62. The van der Waals surface area contributed by atoms with Crippen LogP contribution in [0.5, 0.6) is 0 Å². The molecule has 5 heteroatoms. The summed E-state index contributed by atoms with van der Waals surface area (Å²) in [5.74, 6) is 0. The van der Waals surface area contributed by atoms with Crippen LogP contribution < -0.4 is 0 Å². The summed E-state index contributed by atoms with van der Waals surface area (Å²) in [5.41, 5.74) is 2.98. The van der Waals surface area contributed by atoms with E-state index < -0.39 is 0 Å². The molecule has 0 aliphatic carbocycles. The molecule has 21 heavy (non-hydrogen) atoms. The van der Waals surface area contributed by atoms with Crippen molar-refractivity contribution >= 4 is 34.2 Å². The number of H-pyrrole nitrogens is 1. The third kappa shape index (κ3) is 1.71.